The molecular weight excluding hydrogens is 336 g/mol. The van der Waals surface area contributed by atoms with Crippen molar-refractivity contribution in [2.75, 3.05) is 0 Å². The number of aryl methyl sites for hydroxylation is 1. The zero-order valence-electron chi connectivity index (χ0n) is 13.6. The average molecular weight is 352 g/mol. The van der Waals surface area contributed by atoms with Crippen LogP contribution in [0.5, 0.6) is 0 Å². The van der Waals surface area contributed by atoms with Gasteiger partial charge in [-0.3, -0.25) is 4.79 Å². The van der Waals surface area contributed by atoms with Crippen LogP contribution in [0.2, 0.25) is 0 Å². The summed E-state index contributed by atoms with van der Waals surface area (Å²) in [7, 11) is 0. The van der Waals surface area contributed by atoms with E-state index in [-0.39, 0.29) is 5.91 Å². The van der Waals surface area contributed by atoms with Gasteiger partial charge in [-0.2, -0.15) is 5.10 Å². The van der Waals surface area contributed by atoms with Crippen LogP contribution in [0.25, 0.3) is 16.2 Å². The molecule has 0 atom stereocenters. The molecule has 0 unspecified atom stereocenters. The fourth-order valence-electron chi connectivity index (χ4n) is 2.62. The van der Waals surface area contributed by atoms with Crippen molar-refractivity contribution in [2.45, 2.75) is 19.9 Å². The van der Waals surface area contributed by atoms with Crippen LogP contribution in [0.4, 0.5) is 0 Å². The molecule has 0 aliphatic rings. The van der Waals surface area contributed by atoms with E-state index in [0.717, 1.165) is 33.3 Å². The number of fused-ring (bicyclic) bond motifs is 1. The molecule has 0 radical (unpaired) electrons. The molecule has 0 aliphatic carbocycles. The number of furan rings is 1. The first-order valence-corrected chi connectivity index (χ1v) is 8.81. The van der Waals surface area contributed by atoms with Gasteiger partial charge in [0.25, 0.3) is 5.91 Å². The molecule has 25 heavy (non-hydrogen) atoms. The fraction of sp³-hybridized carbons (Fsp3) is 0.167. The van der Waals surface area contributed by atoms with Crippen LogP contribution in [0.3, 0.4) is 0 Å². The maximum absolute atomic E-state index is 12.2. The number of hydrogen-bond donors (Lipinski definition) is 1. The third-order valence-electron chi connectivity index (χ3n) is 3.89. The highest BCUT2D eigenvalue weighted by Crippen LogP contribution is 2.27. The number of nitrogens with one attached hydrogen (secondary N) is 1. The largest absolute Gasteiger partial charge is 0.472 e. The zero-order valence-corrected chi connectivity index (χ0v) is 14.4. The number of imidazole rings is 1. The predicted octanol–water partition coefficient (Wildman–Crippen LogP) is 3.54. The number of nitrogens with zero attached hydrogens (tertiary/aromatic N) is 3. The molecule has 126 valence electrons. The minimum absolute atomic E-state index is 0.186. The molecule has 0 spiro atoms. The molecule has 0 saturated carbocycles. The lowest BCUT2D eigenvalue weighted by Crippen LogP contribution is -2.23. The molecule has 0 fully saturated rings. The predicted molar refractivity (Wildman–Crippen MR) is 95.6 cm³/mol. The number of rotatable bonds is 5. The van der Waals surface area contributed by atoms with Crippen molar-refractivity contribution in [3.8, 4) is 11.3 Å². The van der Waals surface area contributed by atoms with E-state index in [1.165, 1.54) is 12.5 Å². The molecule has 3 heterocycles. The van der Waals surface area contributed by atoms with Crippen LogP contribution < -0.4 is 5.32 Å². The molecule has 1 aromatic carbocycles. The van der Waals surface area contributed by atoms with E-state index >= 15 is 0 Å². The molecular formula is C18H16N4O2S. The van der Waals surface area contributed by atoms with Gasteiger partial charge in [-0.1, -0.05) is 48.6 Å². The molecule has 6 nitrogen and oxygen atoms in total. The second kappa shape index (κ2) is 6.52. The van der Waals surface area contributed by atoms with Gasteiger partial charge in [0.1, 0.15) is 11.3 Å². The third-order valence-corrected chi connectivity index (χ3v) is 4.94. The first-order chi connectivity index (χ1) is 12.3. The monoisotopic (exact) mass is 352 g/mol. The molecule has 1 N–H and O–H groups in total. The number of carbonyl (C=O) groups is 1. The number of benzene rings is 1. The van der Waals surface area contributed by atoms with Gasteiger partial charge in [-0.15, -0.1) is 0 Å². The van der Waals surface area contributed by atoms with E-state index in [9.17, 15) is 4.79 Å². The Bertz CT molecular complexity index is 1000. The summed E-state index contributed by atoms with van der Waals surface area (Å²) in [5.74, 6) is -0.186. The Kier molecular flexibility index (Phi) is 4.07. The van der Waals surface area contributed by atoms with E-state index in [0.29, 0.717) is 12.1 Å². The quantitative estimate of drug-likeness (QED) is 0.596. The van der Waals surface area contributed by atoms with Crippen molar-refractivity contribution in [3.63, 3.8) is 0 Å². The van der Waals surface area contributed by atoms with Crippen molar-refractivity contribution in [2.24, 2.45) is 0 Å². The van der Waals surface area contributed by atoms with Crippen molar-refractivity contribution in [1.29, 1.82) is 0 Å². The Hall–Kier alpha value is -2.93. The van der Waals surface area contributed by atoms with Gasteiger partial charge in [0.2, 0.25) is 4.96 Å². The van der Waals surface area contributed by atoms with Gasteiger partial charge >= 0.3 is 0 Å². The average Bonchev–Trinajstić information content (AvgIpc) is 3.36. The molecule has 4 aromatic rings. The fourth-order valence-corrected chi connectivity index (χ4v) is 3.47. The normalized spacial score (nSPS) is 11.1. The summed E-state index contributed by atoms with van der Waals surface area (Å²) in [5, 5.41) is 8.56. The second-order valence-corrected chi connectivity index (χ2v) is 6.55. The van der Waals surface area contributed by atoms with Gasteiger partial charge in [-0.05, 0) is 12.5 Å². The zero-order chi connectivity index (χ0) is 17.2. The molecule has 4 rings (SSSR count). The second-order valence-electron chi connectivity index (χ2n) is 5.51. The molecule has 3 aromatic heterocycles. The van der Waals surface area contributed by atoms with Gasteiger partial charge < -0.3 is 9.73 Å². The van der Waals surface area contributed by atoms with Crippen molar-refractivity contribution < 1.29 is 9.21 Å². The van der Waals surface area contributed by atoms with Gasteiger partial charge in [0.15, 0.2) is 0 Å². The minimum atomic E-state index is -0.186. The summed E-state index contributed by atoms with van der Waals surface area (Å²) in [5.41, 5.74) is 3.21. The Morgan fingerprint density at radius 1 is 1.28 bits per heavy atom. The highest BCUT2D eigenvalue weighted by molar-refractivity contribution is 7.16. The highest BCUT2D eigenvalue weighted by Gasteiger charge is 2.18. The Labute approximate surface area is 148 Å². The van der Waals surface area contributed by atoms with Crippen molar-refractivity contribution >= 4 is 22.2 Å². The van der Waals surface area contributed by atoms with Crippen molar-refractivity contribution in [1.82, 2.24) is 19.9 Å². The van der Waals surface area contributed by atoms with Crippen LogP contribution in [0.15, 0.2) is 53.3 Å². The lowest BCUT2D eigenvalue weighted by Gasteiger charge is -2.06. The molecule has 1 amide bonds. The summed E-state index contributed by atoms with van der Waals surface area (Å²) in [4.78, 5) is 17.8. The minimum Gasteiger partial charge on any atom is -0.472 e. The molecule has 0 saturated heterocycles. The first-order valence-electron chi connectivity index (χ1n) is 7.99. The van der Waals surface area contributed by atoms with E-state index < -0.39 is 0 Å². The third kappa shape index (κ3) is 2.94. The standard InChI is InChI=1S/C18H16N4O2S/c1-2-15-21-22-14(10-19-17(23)13-8-9-24-11-13)16(20-18(22)25-15)12-6-4-3-5-7-12/h3-9,11H,2,10H2,1H3,(H,19,23). The van der Waals surface area contributed by atoms with Crippen LogP contribution in [0.1, 0.15) is 28.0 Å². The van der Waals surface area contributed by atoms with Crippen LogP contribution in [-0.2, 0) is 13.0 Å². The van der Waals surface area contributed by atoms with E-state index in [4.69, 9.17) is 9.40 Å². The number of aromatic nitrogens is 3. The van der Waals surface area contributed by atoms with E-state index in [1.807, 2.05) is 34.8 Å². The van der Waals surface area contributed by atoms with Crippen LogP contribution in [-0.4, -0.2) is 20.5 Å². The lowest BCUT2D eigenvalue weighted by molar-refractivity contribution is 0.0949. The SMILES string of the molecule is CCc1nn2c(CNC(=O)c3ccoc3)c(-c3ccccc3)nc2s1. The molecule has 0 bridgehead atoms. The van der Waals surface area contributed by atoms with Crippen molar-refractivity contribution in [3.05, 3.63) is 65.2 Å². The van der Waals surface area contributed by atoms with E-state index in [2.05, 4.69) is 17.3 Å². The first kappa shape index (κ1) is 15.6. The highest BCUT2D eigenvalue weighted by atomic mass is 32.1. The van der Waals surface area contributed by atoms with Gasteiger partial charge in [0.05, 0.1) is 29.8 Å². The Morgan fingerprint density at radius 3 is 2.84 bits per heavy atom. The molecule has 0 aliphatic heterocycles. The van der Waals surface area contributed by atoms with Crippen LogP contribution >= 0.6 is 11.3 Å². The Balaban J connectivity index is 1.71. The number of hydrogen-bond acceptors (Lipinski definition) is 5. The Morgan fingerprint density at radius 2 is 2.12 bits per heavy atom. The summed E-state index contributed by atoms with van der Waals surface area (Å²) in [6.45, 7) is 2.40. The smallest absolute Gasteiger partial charge is 0.254 e. The van der Waals surface area contributed by atoms with Gasteiger partial charge in [0, 0.05) is 5.56 Å². The maximum atomic E-state index is 12.2. The van der Waals surface area contributed by atoms with Crippen LogP contribution in [0, 0.1) is 0 Å². The lowest BCUT2D eigenvalue weighted by atomic mass is 10.1. The maximum Gasteiger partial charge on any atom is 0.254 e. The van der Waals surface area contributed by atoms with Gasteiger partial charge in [-0.25, -0.2) is 9.50 Å². The summed E-state index contributed by atoms with van der Waals surface area (Å²) < 4.78 is 6.80. The number of amides is 1. The topological polar surface area (TPSA) is 72.4 Å². The summed E-state index contributed by atoms with van der Waals surface area (Å²) in [6.07, 6.45) is 3.77. The summed E-state index contributed by atoms with van der Waals surface area (Å²) in [6, 6.07) is 11.6. The van der Waals surface area contributed by atoms with E-state index in [1.54, 1.807) is 17.4 Å². The summed E-state index contributed by atoms with van der Waals surface area (Å²) >= 11 is 1.57. The number of carbonyl (C=O) groups excluding carboxylic acids is 1. The molecule has 7 heteroatoms.